The summed E-state index contributed by atoms with van der Waals surface area (Å²) in [4.78, 5) is 16.9. The van der Waals surface area contributed by atoms with E-state index in [9.17, 15) is 4.79 Å². The van der Waals surface area contributed by atoms with E-state index in [0.717, 1.165) is 24.9 Å². The number of carbonyl (C=O) groups excluding carboxylic acids is 1. The molecule has 0 aliphatic heterocycles. The van der Waals surface area contributed by atoms with Gasteiger partial charge in [-0.3, -0.25) is 4.79 Å². The van der Waals surface area contributed by atoms with Gasteiger partial charge < -0.3 is 4.57 Å². The number of aromatic nitrogens is 2. The van der Waals surface area contributed by atoms with Crippen molar-refractivity contribution in [2.24, 2.45) is 0 Å². The van der Waals surface area contributed by atoms with E-state index in [1.165, 1.54) is 0 Å². The molecular formula is C15H16N2O. The number of hydrogen-bond acceptors (Lipinski definition) is 2. The molecule has 0 radical (unpaired) electrons. The van der Waals surface area contributed by atoms with Gasteiger partial charge in [-0.15, -0.1) is 0 Å². The summed E-state index contributed by atoms with van der Waals surface area (Å²) >= 11 is 0. The molecule has 0 amide bonds. The number of carbonyl (C=O) groups is 1. The van der Waals surface area contributed by atoms with Crippen LogP contribution in [0.15, 0.2) is 42.7 Å². The van der Waals surface area contributed by atoms with Crippen molar-refractivity contribution in [2.75, 3.05) is 0 Å². The Balaban J connectivity index is 1.98. The minimum Gasteiger partial charge on any atom is -0.329 e. The molecule has 92 valence electrons. The van der Waals surface area contributed by atoms with Crippen molar-refractivity contribution in [1.82, 2.24) is 9.55 Å². The van der Waals surface area contributed by atoms with E-state index in [2.05, 4.69) is 4.98 Å². The van der Waals surface area contributed by atoms with Gasteiger partial charge in [0.05, 0.1) is 5.41 Å². The van der Waals surface area contributed by atoms with Crippen molar-refractivity contribution in [2.45, 2.75) is 31.7 Å². The summed E-state index contributed by atoms with van der Waals surface area (Å²) in [6, 6.07) is 10.1. The van der Waals surface area contributed by atoms with Gasteiger partial charge in [0.25, 0.3) is 0 Å². The summed E-state index contributed by atoms with van der Waals surface area (Å²) in [7, 11) is 0. The van der Waals surface area contributed by atoms with Gasteiger partial charge >= 0.3 is 0 Å². The van der Waals surface area contributed by atoms with Crippen molar-refractivity contribution < 1.29 is 4.79 Å². The highest BCUT2D eigenvalue weighted by Gasteiger charge is 2.52. The van der Waals surface area contributed by atoms with Crippen LogP contribution in [0.3, 0.4) is 0 Å². The predicted molar refractivity (Wildman–Crippen MR) is 69.6 cm³/mol. The van der Waals surface area contributed by atoms with E-state index < -0.39 is 0 Å². The molecule has 1 aliphatic carbocycles. The van der Waals surface area contributed by atoms with E-state index >= 15 is 0 Å². The van der Waals surface area contributed by atoms with Crippen LogP contribution in [0.25, 0.3) is 0 Å². The van der Waals surface area contributed by atoms with Crippen LogP contribution in [0.1, 0.15) is 35.9 Å². The Bertz CT molecular complexity index is 567. The summed E-state index contributed by atoms with van der Waals surface area (Å²) in [5.74, 6) is 0.763. The maximum atomic E-state index is 12.7. The summed E-state index contributed by atoms with van der Waals surface area (Å²) in [5.41, 5.74) is 0.820. The van der Waals surface area contributed by atoms with Crippen molar-refractivity contribution in [3.8, 4) is 0 Å². The van der Waals surface area contributed by atoms with E-state index in [0.29, 0.717) is 5.82 Å². The number of imidazole rings is 1. The molecule has 0 N–H and O–H groups in total. The van der Waals surface area contributed by atoms with Gasteiger partial charge in [-0.2, -0.15) is 0 Å². The molecule has 1 heterocycles. The molecule has 1 aliphatic rings. The minimum absolute atomic E-state index is 0.167. The molecule has 1 fully saturated rings. The summed E-state index contributed by atoms with van der Waals surface area (Å²) in [6.45, 7) is 2.81. The van der Waals surface area contributed by atoms with Gasteiger partial charge in [-0.1, -0.05) is 30.3 Å². The van der Waals surface area contributed by atoms with Crippen molar-refractivity contribution in [1.29, 1.82) is 0 Å². The number of aryl methyl sites for hydroxylation is 1. The summed E-state index contributed by atoms with van der Waals surface area (Å²) < 4.78 is 1.92. The van der Waals surface area contributed by atoms with Crippen molar-refractivity contribution in [3.05, 3.63) is 54.1 Å². The molecule has 0 atom stereocenters. The van der Waals surface area contributed by atoms with Crippen LogP contribution in [0.4, 0.5) is 0 Å². The number of ketones is 1. The Morgan fingerprint density at radius 1 is 1.33 bits per heavy atom. The first-order valence-electron chi connectivity index (χ1n) is 6.39. The normalized spacial score (nSPS) is 16.5. The smallest absolute Gasteiger partial charge is 0.208 e. The van der Waals surface area contributed by atoms with Gasteiger partial charge in [0.2, 0.25) is 5.78 Å². The van der Waals surface area contributed by atoms with E-state index in [1.54, 1.807) is 6.20 Å². The van der Waals surface area contributed by atoms with E-state index in [1.807, 2.05) is 48.0 Å². The Labute approximate surface area is 106 Å². The van der Waals surface area contributed by atoms with Crippen molar-refractivity contribution >= 4 is 5.78 Å². The summed E-state index contributed by atoms with van der Waals surface area (Å²) in [6.07, 6.45) is 5.45. The zero-order valence-electron chi connectivity index (χ0n) is 10.5. The number of benzene rings is 1. The van der Waals surface area contributed by atoms with Crippen LogP contribution in [-0.2, 0) is 12.0 Å². The molecule has 1 aromatic heterocycles. The fourth-order valence-corrected chi connectivity index (χ4v) is 2.52. The van der Waals surface area contributed by atoms with Crippen LogP contribution in [0.2, 0.25) is 0 Å². The largest absolute Gasteiger partial charge is 0.329 e. The SMILES string of the molecule is CCn1ccnc1C(=O)C1(c2ccccc2)CC1. The zero-order chi connectivity index (χ0) is 12.6. The standard InChI is InChI=1S/C15H16N2O/c1-2-17-11-10-16-14(17)13(18)15(8-9-15)12-6-4-3-5-7-12/h3-7,10-11H,2,8-9H2,1H3. The Kier molecular flexibility index (Phi) is 2.54. The first-order chi connectivity index (χ1) is 8.78. The highest BCUT2D eigenvalue weighted by Crippen LogP contribution is 2.50. The second-order valence-electron chi connectivity index (χ2n) is 4.81. The lowest BCUT2D eigenvalue weighted by molar-refractivity contribution is 0.0931. The molecule has 2 aromatic rings. The number of Topliss-reactive ketones (excluding diaryl/α,β-unsaturated/α-hetero) is 1. The molecule has 1 saturated carbocycles. The molecule has 3 heteroatoms. The second-order valence-corrected chi connectivity index (χ2v) is 4.81. The molecule has 1 aromatic carbocycles. The Morgan fingerprint density at radius 3 is 2.67 bits per heavy atom. The highest BCUT2D eigenvalue weighted by atomic mass is 16.1. The Morgan fingerprint density at radius 2 is 2.06 bits per heavy atom. The second kappa shape index (κ2) is 4.09. The third kappa shape index (κ3) is 1.58. The fraction of sp³-hybridized carbons (Fsp3) is 0.333. The molecule has 0 saturated heterocycles. The van der Waals surface area contributed by atoms with Crippen molar-refractivity contribution in [3.63, 3.8) is 0 Å². The monoisotopic (exact) mass is 240 g/mol. The van der Waals surface area contributed by atoms with Crippen LogP contribution < -0.4 is 0 Å². The van der Waals surface area contributed by atoms with Crippen LogP contribution in [0, 0.1) is 0 Å². The van der Waals surface area contributed by atoms with Gasteiger partial charge in [0.1, 0.15) is 0 Å². The average Bonchev–Trinajstić information content (AvgIpc) is 3.10. The third-order valence-electron chi connectivity index (χ3n) is 3.77. The summed E-state index contributed by atoms with van der Waals surface area (Å²) in [5, 5.41) is 0. The maximum absolute atomic E-state index is 12.7. The quantitative estimate of drug-likeness (QED) is 0.770. The molecule has 0 unspecified atom stereocenters. The third-order valence-corrected chi connectivity index (χ3v) is 3.77. The topological polar surface area (TPSA) is 34.9 Å². The molecule has 18 heavy (non-hydrogen) atoms. The maximum Gasteiger partial charge on any atom is 0.208 e. The molecule has 0 bridgehead atoms. The minimum atomic E-state index is -0.306. The molecular weight excluding hydrogens is 224 g/mol. The van der Waals surface area contributed by atoms with Crippen LogP contribution in [0.5, 0.6) is 0 Å². The van der Waals surface area contributed by atoms with E-state index in [-0.39, 0.29) is 11.2 Å². The van der Waals surface area contributed by atoms with Crippen LogP contribution in [-0.4, -0.2) is 15.3 Å². The zero-order valence-corrected chi connectivity index (χ0v) is 10.5. The first kappa shape index (κ1) is 11.2. The molecule has 0 spiro atoms. The van der Waals surface area contributed by atoms with Gasteiger partial charge in [-0.25, -0.2) is 4.98 Å². The lowest BCUT2D eigenvalue weighted by atomic mass is 9.91. The van der Waals surface area contributed by atoms with E-state index in [4.69, 9.17) is 0 Å². The number of hydrogen-bond donors (Lipinski definition) is 0. The van der Waals surface area contributed by atoms with Crippen LogP contribution >= 0.6 is 0 Å². The Hall–Kier alpha value is -1.90. The number of nitrogens with zero attached hydrogens (tertiary/aromatic N) is 2. The molecule has 3 rings (SSSR count). The van der Waals surface area contributed by atoms with Gasteiger partial charge in [-0.05, 0) is 25.3 Å². The number of rotatable bonds is 4. The molecule has 3 nitrogen and oxygen atoms in total. The lowest BCUT2D eigenvalue weighted by Gasteiger charge is -2.14. The fourth-order valence-electron chi connectivity index (χ4n) is 2.52. The average molecular weight is 240 g/mol. The lowest BCUT2D eigenvalue weighted by Crippen LogP contribution is -2.24. The first-order valence-corrected chi connectivity index (χ1v) is 6.39. The van der Waals surface area contributed by atoms with Gasteiger partial charge in [0, 0.05) is 18.9 Å². The van der Waals surface area contributed by atoms with Gasteiger partial charge in [0.15, 0.2) is 5.82 Å². The predicted octanol–water partition coefficient (Wildman–Crippen LogP) is 2.82. The highest BCUT2D eigenvalue weighted by molar-refractivity contribution is 6.03.